The second-order valence-corrected chi connectivity index (χ2v) is 6.60. The first-order valence-electron chi connectivity index (χ1n) is 8.86. The van der Waals surface area contributed by atoms with Crippen LogP contribution in [0.1, 0.15) is 58.1 Å². The topological polar surface area (TPSA) is 23.8 Å². The molecule has 0 aliphatic heterocycles. The van der Waals surface area contributed by atoms with Crippen molar-refractivity contribution in [2.45, 2.75) is 47.0 Å². The van der Waals surface area contributed by atoms with Crippen molar-refractivity contribution in [3.63, 3.8) is 0 Å². The van der Waals surface area contributed by atoms with Crippen molar-refractivity contribution in [3.05, 3.63) is 76.9 Å². The van der Waals surface area contributed by atoms with Crippen LogP contribution in [0.15, 0.2) is 53.1 Å². The first-order valence-corrected chi connectivity index (χ1v) is 8.86. The molecule has 1 N–H and O–H groups in total. The van der Waals surface area contributed by atoms with Crippen LogP contribution in [0.25, 0.3) is 22.1 Å². The molecule has 0 amide bonds. The zero-order valence-corrected chi connectivity index (χ0v) is 19.8. The standard InChI is InChI=1S/C19H19.C4H10N.2ClH.Ti/c1-12-11-19(14(3)13(12)2)18-10-9-16-7-5-6-8-17(16)15(18)4;1-2-3-4-5;;;/h5-10H,4,11H2,1-3H3;5H,2-4H2,1H3;2*1H;/q2*-1;;;+2/p-2. The van der Waals surface area contributed by atoms with Gasteiger partial charge in [-0.15, -0.1) is 23.1 Å². The van der Waals surface area contributed by atoms with Crippen molar-refractivity contribution < 1.29 is 46.5 Å². The minimum absolute atomic E-state index is 0. The number of unbranched alkanes of at least 4 members (excludes halogenated alkanes) is 1. The van der Waals surface area contributed by atoms with Gasteiger partial charge < -0.3 is 30.5 Å². The van der Waals surface area contributed by atoms with Gasteiger partial charge in [-0.1, -0.05) is 66.1 Å². The summed E-state index contributed by atoms with van der Waals surface area (Å²) < 4.78 is 0. The molecule has 2 aromatic rings. The molecule has 3 rings (SSSR count). The molecule has 0 heterocycles. The number of allylic oxidation sites excluding steroid dienone is 4. The van der Waals surface area contributed by atoms with Gasteiger partial charge >= 0.3 is 21.7 Å². The number of halogens is 2. The monoisotopic (exact) mass is 437 g/mol. The van der Waals surface area contributed by atoms with Crippen LogP contribution in [0.5, 0.6) is 0 Å². The van der Waals surface area contributed by atoms with E-state index >= 15 is 0 Å². The molecule has 27 heavy (non-hydrogen) atoms. The summed E-state index contributed by atoms with van der Waals surface area (Å²) in [5.41, 5.74) is 14.9. The average Bonchev–Trinajstić information content (AvgIpc) is 2.84. The van der Waals surface area contributed by atoms with E-state index in [-0.39, 0.29) is 46.5 Å². The molecule has 0 radical (unpaired) electrons. The van der Waals surface area contributed by atoms with E-state index in [0.717, 1.165) is 24.8 Å². The van der Waals surface area contributed by atoms with Gasteiger partial charge in [0, 0.05) is 0 Å². The fraction of sp³-hybridized carbons (Fsp3) is 0.348. The van der Waals surface area contributed by atoms with Gasteiger partial charge in [-0.05, 0) is 32.8 Å². The van der Waals surface area contributed by atoms with Gasteiger partial charge in [0.05, 0.1) is 0 Å². The van der Waals surface area contributed by atoms with Crippen LogP contribution in [0, 0.1) is 6.92 Å². The van der Waals surface area contributed by atoms with Gasteiger partial charge in [-0.2, -0.15) is 19.0 Å². The van der Waals surface area contributed by atoms with Crippen molar-refractivity contribution in [2.75, 3.05) is 6.54 Å². The first-order chi connectivity index (χ1) is 11.5. The van der Waals surface area contributed by atoms with Crippen LogP contribution >= 0.6 is 0 Å². The minimum atomic E-state index is 0. The Bertz CT molecular complexity index is 792. The molecule has 0 saturated heterocycles. The van der Waals surface area contributed by atoms with Crippen LogP contribution in [0.4, 0.5) is 0 Å². The summed E-state index contributed by atoms with van der Waals surface area (Å²) >= 11 is 0. The van der Waals surface area contributed by atoms with E-state index in [1.807, 2.05) is 0 Å². The van der Waals surface area contributed by atoms with E-state index in [9.17, 15) is 0 Å². The maximum absolute atomic E-state index is 6.60. The fourth-order valence-corrected chi connectivity index (χ4v) is 3.17. The van der Waals surface area contributed by atoms with Crippen molar-refractivity contribution >= 4 is 16.3 Å². The Morgan fingerprint density at radius 1 is 0.963 bits per heavy atom. The Morgan fingerprint density at radius 2 is 1.59 bits per heavy atom. The summed E-state index contributed by atoms with van der Waals surface area (Å²) in [5.74, 6) is 0. The van der Waals surface area contributed by atoms with Gasteiger partial charge in [0.25, 0.3) is 0 Å². The molecule has 1 aliphatic rings. The Morgan fingerprint density at radius 3 is 2.07 bits per heavy atom. The average molecular weight is 438 g/mol. The normalized spacial score (nSPS) is 12.6. The van der Waals surface area contributed by atoms with Crippen LogP contribution in [-0.4, -0.2) is 6.54 Å². The zero-order chi connectivity index (χ0) is 17.7. The summed E-state index contributed by atoms with van der Waals surface area (Å²) in [4.78, 5) is 0. The predicted octanol–water partition coefficient (Wildman–Crippen LogP) is 1.38. The Hall–Kier alpha value is -0.696. The predicted molar refractivity (Wildman–Crippen MR) is 108 cm³/mol. The van der Waals surface area contributed by atoms with Crippen LogP contribution in [0.2, 0.25) is 0 Å². The molecule has 0 fully saturated rings. The summed E-state index contributed by atoms with van der Waals surface area (Å²) in [6.07, 6.45) is 3.28. The summed E-state index contributed by atoms with van der Waals surface area (Å²) in [6, 6.07) is 12.9. The zero-order valence-electron chi connectivity index (χ0n) is 16.8. The Labute approximate surface area is 192 Å². The molecule has 0 spiro atoms. The smallest absolute Gasteiger partial charge is 1.00 e. The van der Waals surface area contributed by atoms with E-state index in [2.05, 4.69) is 71.0 Å². The molecular formula is C23H29Cl2NTi-2. The number of hydrogen-bond donors (Lipinski definition) is 0. The molecule has 2 aromatic carbocycles. The van der Waals surface area contributed by atoms with Crippen molar-refractivity contribution in [3.8, 4) is 0 Å². The molecule has 1 nitrogen and oxygen atoms in total. The van der Waals surface area contributed by atoms with E-state index < -0.39 is 0 Å². The molecule has 0 bridgehead atoms. The van der Waals surface area contributed by atoms with Gasteiger partial charge in [-0.3, -0.25) is 0 Å². The van der Waals surface area contributed by atoms with E-state index in [1.54, 1.807) is 0 Å². The third-order valence-electron chi connectivity index (χ3n) is 4.99. The van der Waals surface area contributed by atoms with Crippen LogP contribution < -0.4 is 24.8 Å². The summed E-state index contributed by atoms with van der Waals surface area (Å²) in [7, 11) is 0. The molecule has 0 atom stereocenters. The van der Waals surface area contributed by atoms with Gasteiger partial charge in [0.1, 0.15) is 0 Å². The molecular weight excluding hydrogens is 409 g/mol. The Balaban J connectivity index is 0. The summed E-state index contributed by atoms with van der Waals surface area (Å²) in [5, 5.41) is 2.54. The number of benzene rings is 2. The third kappa shape index (κ3) is 6.70. The van der Waals surface area contributed by atoms with E-state index in [1.165, 1.54) is 38.6 Å². The first kappa shape index (κ1) is 28.5. The SMILES string of the molecule is CCCC[NH-].[CH2-]c1c(C2=C(C)C(C)=C(C)C2)ccc2ccccc12.[Cl-].[Cl-].[Ti+2]. The van der Waals surface area contributed by atoms with Gasteiger partial charge in [0.15, 0.2) is 0 Å². The largest absolute Gasteiger partial charge is 2.00 e. The molecule has 4 heteroatoms. The molecule has 146 valence electrons. The minimum Gasteiger partial charge on any atom is -1.00 e. The second-order valence-electron chi connectivity index (χ2n) is 6.60. The van der Waals surface area contributed by atoms with Crippen LogP contribution in [0.3, 0.4) is 0 Å². The number of fused-ring (bicyclic) bond motifs is 1. The number of rotatable bonds is 3. The maximum atomic E-state index is 6.60. The number of nitrogens with one attached hydrogen (secondary N) is 1. The molecule has 0 unspecified atom stereocenters. The van der Waals surface area contributed by atoms with Crippen molar-refractivity contribution in [1.29, 1.82) is 0 Å². The van der Waals surface area contributed by atoms with Crippen molar-refractivity contribution in [1.82, 2.24) is 0 Å². The quantitative estimate of drug-likeness (QED) is 0.511. The van der Waals surface area contributed by atoms with Gasteiger partial charge in [-0.25, -0.2) is 0 Å². The van der Waals surface area contributed by atoms with Gasteiger partial charge in [0.2, 0.25) is 0 Å². The second kappa shape index (κ2) is 13.5. The third-order valence-corrected chi connectivity index (χ3v) is 4.99. The van der Waals surface area contributed by atoms with Crippen LogP contribution in [-0.2, 0) is 21.7 Å². The maximum Gasteiger partial charge on any atom is 2.00 e. The molecule has 0 aromatic heterocycles. The fourth-order valence-electron chi connectivity index (χ4n) is 3.17. The molecule has 0 saturated carbocycles. The number of hydrogen-bond acceptors (Lipinski definition) is 0. The van der Waals surface area contributed by atoms with E-state index in [4.69, 9.17) is 5.73 Å². The Kier molecular flexibility index (Phi) is 14.2. The molecule has 1 aliphatic carbocycles. The van der Waals surface area contributed by atoms with E-state index in [0.29, 0.717) is 6.54 Å². The summed E-state index contributed by atoms with van der Waals surface area (Å²) in [6.45, 7) is 13.7. The van der Waals surface area contributed by atoms with Crippen molar-refractivity contribution in [2.24, 2.45) is 0 Å².